The number of benzene rings is 1. The maximum Gasteiger partial charge on any atom is 0.124 e. The van der Waals surface area contributed by atoms with E-state index in [1.54, 1.807) is 37.7 Å². The molecular formula is C15H17N3O2. The van der Waals surface area contributed by atoms with Gasteiger partial charge in [-0.25, -0.2) is 0 Å². The zero-order chi connectivity index (χ0) is 14.5. The quantitative estimate of drug-likeness (QED) is 0.645. The molecular weight excluding hydrogens is 254 g/mol. The summed E-state index contributed by atoms with van der Waals surface area (Å²) in [5, 5.41) is 7.48. The third-order valence-electron chi connectivity index (χ3n) is 2.76. The number of hydrogen-bond donors (Lipinski definition) is 2. The van der Waals surface area contributed by atoms with E-state index in [1.807, 2.05) is 13.0 Å². The Balaban J connectivity index is 2.16. The summed E-state index contributed by atoms with van der Waals surface area (Å²) in [6.07, 6.45) is 3.56. The van der Waals surface area contributed by atoms with E-state index in [4.69, 9.17) is 20.6 Å². The number of pyridine rings is 1. The lowest BCUT2D eigenvalue weighted by molar-refractivity contribution is 0.303. The summed E-state index contributed by atoms with van der Waals surface area (Å²) in [5.74, 6) is 1.19. The first-order chi connectivity index (χ1) is 9.58. The Morgan fingerprint density at radius 1 is 1.20 bits per heavy atom. The van der Waals surface area contributed by atoms with Crippen molar-refractivity contribution in [1.29, 1.82) is 5.41 Å². The molecule has 2 rings (SSSR count). The first-order valence-corrected chi connectivity index (χ1v) is 6.15. The van der Waals surface area contributed by atoms with Gasteiger partial charge in [-0.3, -0.25) is 10.4 Å². The fourth-order valence-electron chi connectivity index (χ4n) is 1.79. The Morgan fingerprint density at radius 3 is 2.60 bits per heavy atom. The zero-order valence-electron chi connectivity index (χ0n) is 11.5. The van der Waals surface area contributed by atoms with Gasteiger partial charge in [0.1, 0.15) is 23.9 Å². The number of ether oxygens (including phenoxy) is 2. The zero-order valence-corrected chi connectivity index (χ0v) is 11.5. The lowest BCUT2D eigenvalue weighted by Gasteiger charge is -2.10. The van der Waals surface area contributed by atoms with Crippen LogP contribution in [0, 0.1) is 12.3 Å². The number of aryl methyl sites for hydroxylation is 1. The summed E-state index contributed by atoms with van der Waals surface area (Å²) in [7, 11) is 1.56. The van der Waals surface area contributed by atoms with Crippen LogP contribution in [0.3, 0.4) is 0 Å². The van der Waals surface area contributed by atoms with Crippen molar-refractivity contribution >= 4 is 5.84 Å². The van der Waals surface area contributed by atoms with E-state index in [9.17, 15) is 0 Å². The largest absolute Gasteiger partial charge is 0.497 e. The molecule has 5 heteroatoms. The number of amidine groups is 1. The minimum absolute atomic E-state index is 0.0222. The molecule has 0 spiro atoms. The molecule has 20 heavy (non-hydrogen) atoms. The number of hydrogen-bond acceptors (Lipinski definition) is 4. The summed E-state index contributed by atoms with van der Waals surface area (Å²) in [6, 6.07) is 7.19. The highest BCUT2D eigenvalue weighted by Gasteiger charge is 2.05. The third-order valence-corrected chi connectivity index (χ3v) is 2.76. The van der Waals surface area contributed by atoms with Crippen LogP contribution in [0.1, 0.15) is 16.7 Å². The first kappa shape index (κ1) is 13.9. The van der Waals surface area contributed by atoms with Gasteiger partial charge in [0.2, 0.25) is 0 Å². The third kappa shape index (κ3) is 3.47. The highest BCUT2D eigenvalue weighted by atomic mass is 16.5. The Hall–Kier alpha value is -2.56. The fourth-order valence-corrected chi connectivity index (χ4v) is 1.79. The van der Waals surface area contributed by atoms with Crippen LogP contribution in [-0.4, -0.2) is 17.9 Å². The molecule has 3 N–H and O–H groups in total. The van der Waals surface area contributed by atoms with Crippen molar-refractivity contribution in [2.24, 2.45) is 5.73 Å². The van der Waals surface area contributed by atoms with Crippen LogP contribution in [0.5, 0.6) is 11.5 Å². The average Bonchev–Trinajstić information content (AvgIpc) is 2.45. The molecule has 2 aromatic rings. The van der Waals surface area contributed by atoms with Gasteiger partial charge in [0.25, 0.3) is 0 Å². The van der Waals surface area contributed by atoms with Crippen LogP contribution in [0.4, 0.5) is 0 Å². The SMILES string of the molecule is COc1cc(OCc2cncc(C)c2)cc(C(=N)N)c1. The molecule has 0 aliphatic rings. The predicted octanol–water partition coefficient (Wildman–Crippen LogP) is 2.26. The Morgan fingerprint density at radius 2 is 1.95 bits per heavy atom. The molecule has 5 nitrogen and oxygen atoms in total. The van der Waals surface area contributed by atoms with Gasteiger partial charge in [0, 0.05) is 29.6 Å². The van der Waals surface area contributed by atoms with Gasteiger partial charge < -0.3 is 15.2 Å². The molecule has 1 aromatic carbocycles. The molecule has 0 amide bonds. The van der Waals surface area contributed by atoms with Crippen LogP contribution in [0.25, 0.3) is 0 Å². The van der Waals surface area contributed by atoms with Gasteiger partial charge in [-0.05, 0) is 30.7 Å². The molecule has 0 aliphatic carbocycles. The standard InChI is InChI=1S/C15H17N3O2/c1-10-3-11(8-18-7-10)9-20-14-5-12(15(16)17)4-13(6-14)19-2/h3-8H,9H2,1-2H3,(H3,16,17). The van der Waals surface area contributed by atoms with Crippen molar-refractivity contribution in [3.8, 4) is 11.5 Å². The minimum Gasteiger partial charge on any atom is -0.497 e. The van der Waals surface area contributed by atoms with Crippen molar-refractivity contribution in [1.82, 2.24) is 4.98 Å². The van der Waals surface area contributed by atoms with Crippen LogP contribution in [0.2, 0.25) is 0 Å². The molecule has 1 heterocycles. The van der Waals surface area contributed by atoms with E-state index in [-0.39, 0.29) is 5.84 Å². The number of aromatic nitrogens is 1. The average molecular weight is 271 g/mol. The highest BCUT2D eigenvalue weighted by Crippen LogP contribution is 2.23. The summed E-state index contributed by atoms with van der Waals surface area (Å²) in [6.45, 7) is 2.38. The van der Waals surface area contributed by atoms with Crippen molar-refractivity contribution < 1.29 is 9.47 Å². The molecule has 1 aromatic heterocycles. The van der Waals surface area contributed by atoms with E-state index < -0.39 is 0 Å². The van der Waals surface area contributed by atoms with Crippen LogP contribution >= 0.6 is 0 Å². The van der Waals surface area contributed by atoms with Crippen LogP contribution in [0.15, 0.2) is 36.7 Å². The number of nitrogen functional groups attached to an aromatic ring is 1. The van der Waals surface area contributed by atoms with E-state index in [2.05, 4.69) is 4.98 Å². The molecule has 0 saturated carbocycles. The first-order valence-electron chi connectivity index (χ1n) is 6.15. The number of nitrogens with one attached hydrogen (secondary N) is 1. The summed E-state index contributed by atoms with van der Waals surface area (Å²) < 4.78 is 10.9. The van der Waals surface area contributed by atoms with Gasteiger partial charge >= 0.3 is 0 Å². The van der Waals surface area contributed by atoms with Gasteiger partial charge in [0.15, 0.2) is 0 Å². The predicted molar refractivity (Wildman–Crippen MR) is 77.3 cm³/mol. The minimum atomic E-state index is -0.0222. The summed E-state index contributed by atoms with van der Waals surface area (Å²) in [5.41, 5.74) is 8.13. The number of nitrogens with zero attached hydrogens (tertiary/aromatic N) is 1. The number of methoxy groups -OCH3 is 1. The maximum atomic E-state index is 7.48. The summed E-state index contributed by atoms with van der Waals surface area (Å²) in [4.78, 5) is 4.12. The lowest BCUT2D eigenvalue weighted by Crippen LogP contribution is -2.11. The molecule has 0 fully saturated rings. The van der Waals surface area contributed by atoms with Gasteiger partial charge in [0.05, 0.1) is 7.11 Å². The Kier molecular flexibility index (Phi) is 4.20. The van der Waals surface area contributed by atoms with Crippen molar-refractivity contribution in [2.45, 2.75) is 13.5 Å². The molecule has 0 atom stereocenters. The maximum absolute atomic E-state index is 7.48. The number of rotatable bonds is 5. The molecule has 0 unspecified atom stereocenters. The monoisotopic (exact) mass is 271 g/mol. The van der Waals surface area contributed by atoms with Crippen molar-refractivity contribution in [3.63, 3.8) is 0 Å². The van der Waals surface area contributed by atoms with E-state index in [0.717, 1.165) is 11.1 Å². The lowest BCUT2D eigenvalue weighted by atomic mass is 10.2. The van der Waals surface area contributed by atoms with E-state index in [0.29, 0.717) is 23.7 Å². The van der Waals surface area contributed by atoms with E-state index in [1.165, 1.54) is 0 Å². The topological polar surface area (TPSA) is 81.2 Å². The van der Waals surface area contributed by atoms with Gasteiger partial charge in [-0.15, -0.1) is 0 Å². The van der Waals surface area contributed by atoms with E-state index >= 15 is 0 Å². The molecule has 0 radical (unpaired) electrons. The second kappa shape index (κ2) is 6.06. The van der Waals surface area contributed by atoms with Gasteiger partial charge in [-0.2, -0.15) is 0 Å². The smallest absolute Gasteiger partial charge is 0.124 e. The fraction of sp³-hybridized carbons (Fsp3) is 0.200. The number of nitrogens with two attached hydrogens (primary N) is 1. The molecule has 104 valence electrons. The Bertz CT molecular complexity index is 626. The highest BCUT2D eigenvalue weighted by molar-refractivity contribution is 5.95. The van der Waals surface area contributed by atoms with Gasteiger partial charge in [-0.1, -0.05) is 0 Å². The summed E-state index contributed by atoms with van der Waals surface area (Å²) >= 11 is 0. The molecule has 0 aliphatic heterocycles. The van der Waals surface area contributed by atoms with Crippen molar-refractivity contribution in [2.75, 3.05) is 7.11 Å². The van der Waals surface area contributed by atoms with Crippen LogP contribution in [-0.2, 0) is 6.61 Å². The second-order valence-corrected chi connectivity index (χ2v) is 4.47. The molecule has 0 bridgehead atoms. The normalized spacial score (nSPS) is 10.1. The van der Waals surface area contributed by atoms with Crippen LogP contribution < -0.4 is 15.2 Å². The van der Waals surface area contributed by atoms with Crippen molar-refractivity contribution in [3.05, 3.63) is 53.3 Å². The Labute approximate surface area is 117 Å². The molecule has 0 saturated heterocycles. The second-order valence-electron chi connectivity index (χ2n) is 4.47.